The fraction of sp³-hybridized carbons (Fsp3) is 0.833. The molecule has 0 aliphatic carbocycles. The molecule has 2 N–H and O–H groups in total. The van der Waals surface area contributed by atoms with E-state index in [1.54, 1.807) is 6.08 Å². The maximum atomic E-state index is 8.92. The Labute approximate surface area is 87.7 Å². The van der Waals surface area contributed by atoms with Crippen molar-refractivity contribution in [3.63, 3.8) is 0 Å². The lowest BCUT2D eigenvalue weighted by atomic mass is 10.1. The smallest absolute Gasteiger partial charge is 0.0642 e. The van der Waals surface area contributed by atoms with Crippen LogP contribution in [0.5, 0.6) is 0 Å². The molecule has 0 bridgehead atoms. The molecule has 0 heterocycles. The molecule has 2 nitrogen and oxygen atoms in total. The lowest BCUT2D eigenvalue weighted by Crippen LogP contribution is -1.93. The molecule has 0 saturated carbocycles. The molecule has 0 atom stereocenters. The van der Waals surface area contributed by atoms with E-state index < -0.39 is 0 Å². The molecule has 0 aliphatic heterocycles. The largest absolute Gasteiger partial charge is 0.392 e. The van der Waals surface area contributed by atoms with Crippen LogP contribution in [0.2, 0.25) is 0 Å². The molecule has 0 rings (SSSR count). The van der Waals surface area contributed by atoms with Crippen molar-refractivity contribution in [1.29, 1.82) is 0 Å². The minimum atomic E-state index is 0.0473. The van der Waals surface area contributed by atoms with E-state index in [0.29, 0.717) is 0 Å². The van der Waals surface area contributed by atoms with Crippen LogP contribution in [-0.4, -0.2) is 23.4 Å². The van der Waals surface area contributed by atoms with Crippen molar-refractivity contribution >= 4 is 0 Å². The van der Waals surface area contributed by atoms with Gasteiger partial charge < -0.3 is 10.2 Å². The average Bonchev–Trinajstić information content (AvgIpc) is 2.21. The molecule has 0 radical (unpaired) electrons. The standard InChI is InChI=1S/C12H24O2/c1-2-3-4-5-6-7-8-12(11-14)9-10-13/h9,13-14H,2-8,10-11H2,1H3/b12-9+. The molecule has 0 aliphatic rings. The normalized spacial score (nSPS) is 12.1. The van der Waals surface area contributed by atoms with Gasteiger partial charge in [-0.3, -0.25) is 0 Å². The summed E-state index contributed by atoms with van der Waals surface area (Å²) in [5, 5.41) is 17.6. The highest BCUT2D eigenvalue weighted by atomic mass is 16.3. The number of hydrogen-bond donors (Lipinski definition) is 2. The van der Waals surface area contributed by atoms with Crippen molar-refractivity contribution in [3.05, 3.63) is 11.6 Å². The summed E-state index contributed by atoms with van der Waals surface area (Å²) in [4.78, 5) is 0. The zero-order chi connectivity index (χ0) is 10.6. The van der Waals surface area contributed by atoms with E-state index in [9.17, 15) is 0 Å². The summed E-state index contributed by atoms with van der Waals surface area (Å²) >= 11 is 0. The maximum Gasteiger partial charge on any atom is 0.0642 e. The highest BCUT2D eigenvalue weighted by molar-refractivity contribution is 5.01. The second-order valence-corrected chi connectivity index (χ2v) is 3.72. The van der Waals surface area contributed by atoms with Crippen LogP contribution < -0.4 is 0 Å². The van der Waals surface area contributed by atoms with Crippen LogP contribution in [0.3, 0.4) is 0 Å². The molecule has 0 fully saturated rings. The van der Waals surface area contributed by atoms with Gasteiger partial charge in [0.15, 0.2) is 0 Å². The highest BCUT2D eigenvalue weighted by Crippen LogP contribution is 2.11. The monoisotopic (exact) mass is 200 g/mol. The number of rotatable bonds is 9. The van der Waals surface area contributed by atoms with E-state index in [2.05, 4.69) is 6.92 Å². The van der Waals surface area contributed by atoms with Gasteiger partial charge in [0.2, 0.25) is 0 Å². The summed E-state index contributed by atoms with van der Waals surface area (Å²) < 4.78 is 0. The van der Waals surface area contributed by atoms with Crippen molar-refractivity contribution in [2.75, 3.05) is 13.2 Å². The Morgan fingerprint density at radius 1 is 1.00 bits per heavy atom. The molecular weight excluding hydrogens is 176 g/mol. The summed E-state index contributed by atoms with van der Waals surface area (Å²) in [5.41, 5.74) is 0.975. The number of aliphatic hydroxyl groups excluding tert-OH is 2. The van der Waals surface area contributed by atoms with Gasteiger partial charge in [0.05, 0.1) is 13.2 Å². The predicted octanol–water partition coefficient (Wildman–Crippen LogP) is 2.65. The van der Waals surface area contributed by atoms with Gasteiger partial charge in [-0.2, -0.15) is 0 Å². The highest BCUT2D eigenvalue weighted by Gasteiger charge is 1.95. The first kappa shape index (κ1) is 13.7. The van der Waals surface area contributed by atoms with E-state index in [0.717, 1.165) is 18.4 Å². The molecule has 0 aromatic carbocycles. The van der Waals surface area contributed by atoms with Crippen molar-refractivity contribution in [2.24, 2.45) is 0 Å². The maximum absolute atomic E-state index is 8.92. The van der Waals surface area contributed by atoms with Gasteiger partial charge in [0.1, 0.15) is 0 Å². The number of hydrogen-bond acceptors (Lipinski definition) is 2. The van der Waals surface area contributed by atoms with E-state index >= 15 is 0 Å². The minimum Gasteiger partial charge on any atom is -0.392 e. The molecule has 0 aromatic heterocycles. The Morgan fingerprint density at radius 2 is 1.64 bits per heavy atom. The first-order chi connectivity index (χ1) is 6.85. The first-order valence-corrected chi connectivity index (χ1v) is 5.74. The van der Waals surface area contributed by atoms with Gasteiger partial charge in [0, 0.05) is 0 Å². The zero-order valence-corrected chi connectivity index (χ0v) is 9.34. The van der Waals surface area contributed by atoms with Crippen molar-refractivity contribution in [3.8, 4) is 0 Å². The van der Waals surface area contributed by atoms with Gasteiger partial charge in [-0.1, -0.05) is 45.1 Å². The van der Waals surface area contributed by atoms with Crippen LogP contribution in [0.4, 0.5) is 0 Å². The molecule has 0 saturated heterocycles. The molecule has 0 aromatic rings. The average molecular weight is 200 g/mol. The van der Waals surface area contributed by atoms with Crippen molar-refractivity contribution in [2.45, 2.75) is 51.9 Å². The SMILES string of the molecule is CCCCCCCC/C(=C\CO)CO. The fourth-order valence-electron chi connectivity index (χ4n) is 1.51. The predicted molar refractivity (Wildman–Crippen MR) is 60.2 cm³/mol. The Hall–Kier alpha value is -0.340. The molecular formula is C12H24O2. The Bertz CT molecular complexity index is 141. The second-order valence-electron chi connectivity index (χ2n) is 3.72. The third kappa shape index (κ3) is 8.27. The summed E-state index contributed by atoms with van der Waals surface area (Å²) in [7, 11) is 0. The number of aliphatic hydroxyl groups is 2. The van der Waals surface area contributed by atoms with Gasteiger partial charge in [-0.05, 0) is 18.4 Å². The second kappa shape index (κ2) is 10.7. The van der Waals surface area contributed by atoms with E-state index in [1.807, 2.05) is 0 Å². The molecule has 2 heteroatoms. The van der Waals surface area contributed by atoms with Crippen molar-refractivity contribution < 1.29 is 10.2 Å². The topological polar surface area (TPSA) is 40.5 Å². The van der Waals surface area contributed by atoms with Crippen LogP contribution in [0.1, 0.15) is 51.9 Å². The summed E-state index contributed by atoms with van der Waals surface area (Å²) in [6.07, 6.45) is 10.3. The van der Waals surface area contributed by atoms with Gasteiger partial charge in [-0.25, -0.2) is 0 Å². The minimum absolute atomic E-state index is 0.0473. The van der Waals surface area contributed by atoms with Crippen LogP contribution in [-0.2, 0) is 0 Å². The van der Waals surface area contributed by atoms with Crippen LogP contribution in [0.25, 0.3) is 0 Å². The summed E-state index contributed by atoms with van der Waals surface area (Å²) in [6, 6.07) is 0. The summed E-state index contributed by atoms with van der Waals surface area (Å²) in [5.74, 6) is 0. The third-order valence-electron chi connectivity index (χ3n) is 2.43. The summed E-state index contributed by atoms with van der Waals surface area (Å²) in [6.45, 7) is 2.36. The first-order valence-electron chi connectivity index (χ1n) is 5.74. The van der Waals surface area contributed by atoms with Gasteiger partial charge in [0.25, 0.3) is 0 Å². The fourth-order valence-corrected chi connectivity index (χ4v) is 1.51. The van der Waals surface area contributed by atoms with Crippen LogP contribution >= 0.6 is 0 Å². The molecule has 0 amide bonds. The Kier molecular flexibility index (Phi) is 10.5. The molecule has 0 spiro atoms. The lowest BCUT2D eigenvalue weighted by Gasteiger charge is -2.03. The van der Waals surface area contributed by atoms with Crippen LogP contribution in [0.15, 0.2) is 11.6 Å². The quantitative estimate of drug-likeness (QED) is 0.444. The van der Waals surface area contributed by atoms with E-state index in [-0.39, 0.29) is 13.2 Å². The van der Waals surface area contributed by atoms with Crippen LogP contribution in [0, 0.1) is 0 Å². The third-order valence-corrected chi connectivity index (χ3v) is 2.43. The van der Waals surface area contributed by atoms with Gasteiger partial charge in [-0.15, -0.1) is 0 Å². The zero-order valence-electron chi connectivity index (χ0n) is 9.34. The molecule has 84 valence electrons. The Morgan fingerprint density at radius 3 is 2.21 bits per heavy atom. The van der Waals surface area contributed by atoms with Crippen molar-refractivity contribution in [1.82, 2.24) is 0 Å². The lowest BCUT2D eigenvalue weighted by molar-refractivity contribution is 0.314. The molecule has 14 heavy (non-hydrogen) atoms. The van der Waals surface area contributed by atoms with Gasteiger partial charge >= 0.3 is 0 Å². The number of unbranched alkanes of at least 4 members (excludes halogenated alkanes) is 5. The Balaban J connectivity index is 3.29. The molecule has 0 unspecified atom stereocenters. The van der Waals surface area contributed by atoms with E-state index in [4.69, 9.17) is 10.2 Å². The van der Waals surface area contributed by atoms with E-state index in [1.165, 1.54) is 32.1 Å².